The first-order chi connectivity index (χ1) is 12.2. The fourth-order valence-corrected chi connectivity index (χ4v) is 2.81. The Morgan fingerprint density at radius 2 is 2.16 bits per heavy atom. The van der Waals surface area contributed by atoms with E-state index in [9.17, 15) is 0 Å². The van der Waals surface area contributed by atoms with Crippen LogP contribution >= 0.6 is 11.3 Å². The standard InChI is InChI=1S/C17H21N5O2S/c1-11(2)14-7-13(24-22-14)9-20-17(18-3)19-8-12-10-23-16(21-12)15-5-4-6-25-15/h4-7,10-11H,8-9H2,1-3H3,(H2,18,19,20). The van der Waals surface area contributed by atoms with Gasteiger partial charge < -0.3 is 19.6 Å². The molecule has 3 rings (SSSR count). The molecule has 0 saturated heterocycles. The highest BCUT2D eigenvalue weighted by atomic mass is 32.1. The summed E-state index contributed by atoms with van der Waals surface area (Å²) in [6.07, 6.45) is 1.65. The van der Waals surface area contributed by atoms with E-state index < -0.39 is 0 Å². The van der Waals surface area contributed by atoms with Gasteiger partial charge in [0, 0.05) is 13.1 Å². The SMILES string of the molecule is CN=C(NCc1coc(-c2cccs2)n1)NCc1cc(C(C)C)no1. The molecule has 0 fully saturated rings. The van der Waals surface area contributed by atoms with E-state index in [1.54, 1.807) is 24.6 Å². The highest BCUT2D eigenvalue weighted by Crippen LogP contribution is 2.23. The van der Waals surface area contributed by atoms with Crippen LogP contribution in [0.5, 0.6) is 0 Å². The molecular weight excluding hydrogens is 338 g/mol. The van der Waals surface area contributed by atoms with Gasteiger partial charge in [0.15, 0.2) is 11.7 Å². The fraction of sp³-hybridized carbons (Fsp3) is 0.353. The molecule has 3 aromatic heterocycles. The lowest BCUT2D eigenvalue weighted by Crippen LogP contribution is -2.36. The number of nitrogens with zero attached hydrogens (tertiary/aromatic N) is 3. The topological polar surface area (TPSA) is 88.5 Å². The van der Waals surface area contributed by atoms with Crippen molar-refractivity contribution in [2.45, 2.75) is 32.9 Å². The number of hydrogen-bond acceptors (Lipinski definition) is 6. The molecule has 7 nitrogen and oxygen atoms in total. The van der Waals surface area contributed by atoms with Gasteiger partial charge >= 0.3 is 0 Å². The van der Waals surface area contributed by atoms with Crippen LogP contribution in [0.25, 0.3) is 10.8 Å². The Bertz CT molecular complexity index is 820. The molecule has 2 N–H and O–H groups in total. The molecule has 0 aliphatic heterocycles. The Morgan fingerprint density at radius 1 is 1.32 bits per heavy atom. The predicted molar refractivity (Wildman–Crippen MR) is 97.4 cm³/mol. The summed E-state index contributed by atoms with van der Waals surface area (Å²) < 4.78 is 10.8. The quantitative estimate of drug-likeness (QED) is 0.518. The first-order valence-corrected chi connectivity index (χ1v) is 8.92. The zero-order valence-corrected chi connectivity index (χ0v) is 15.3. The van der Waals surface area contributed by atoms with Crippen LogP contribution in [0.2, 0.25) is 0 Å². The summed E-state index contributed by atoms with van der Waals surface area (Å²) in [5, 5.41) is 12.4. The van der Waals surface area contributed by atoms with Crippen LogP contribution in [0.3, 0.4) is 0 Å². The van der Waals surface area contributed by atoms with Gasteiger partial charge in [0.1, 0.15) is 6.26 Å². The van der Waals surface area contributed by atoms with Gasteiger partial charge in [-0.25, -0.2) is 4.98 Å². The van der Waals surface area contributed by atoms with E-state index in [4.69, 9.17) is 8.94 Å². The maximum Gasteiger partial charge on any atom is 0.236 e. The van der Waals surface area contributed by atoms with Crippen molar-refractivity contribution in [1.82, 2.24) is 20.8 Å². The van der Waals surface area contributed by atoms with Crippen LogP contribution in [0, 0.1) is 0 Å². The van der Waals surface area contributed by atoms with Gasteiger partial charge in [0.05, 0.1) is 29.4 Å². The molecule has 3 heterocycles. The summed E-state index contributed by atoms with van der Waals surface area (Å²) in [5.74, 6) is 2.41. The number of thiophene rings is 1. The first kappa shape index (κ1) is 17.2. The van der Waals surface area contributed by atoms with Crippen molar-refractivity contribution >= 4 is 17.3 Å². The van der Waals surface area contributed by atoms with E-state index in [0.29, 0.717) is 30.9 Å². The minimum atomic E-state index is 0.347. The highest BCUT2D eigenvalue weighted by Gasteiger charge is 2.10. The molecule has 25 heavy (non-hydrogen) atoms. The molecular formula is C17H21N5O2S. The van der Waals surface area contributed by atoms with Crippen molar-refractivity contribution in [2.75, 3.05) is 7.05 Å². The Hall–Kier alpha value is -2.61. The maximum atomic E-state index is 5.51. The Balaban J connectivity index is 1.51. The Morgan fingerprint density at radius 3 is 2.84 bits per heavy atom. The maximum absolute atomic E-state index is 5.51. The first-order valence-electron chi connectivity index (χ1n) is 8.04. The molecule has 0 bridgehead atoms. The normalized spacial score (nSPS) is 11.9. The Kier molecular flexibility index (Phi) is 5.49. The van der Waals surface area contributed by atoms with Gasteiger partial charge in [-0.15, -0.1) is 11.3 Å². The molecule has 0 unspecified atom stereocenters. The molecule has 0 aliphatic rings. The fourth-order valence-electron chi connectivity index (χ4n) is 2.15. The largest absolute Gasteiger partial charge is 0.443 e. The van der Waals surface area contributed by atoms with Gasteiger partial charge in [-0.05, 0) is 17.4 Å². The molecule has 0 atom stereocenters. The second-order valence-electron chi connectivity index (χ2n) is 5.77. The summed E-state index contributed by atoms with van der Waals surface area (Å²) in [5.41, 5.74) is 1.76. The highest BCUT2D eigenvalue weighted by molar-refractivity contribution is 7.13. The smallest absolute Gasteiger partial charge is 0.236 e. The summed E-state index contributed by atoms with van der Waals surface area (Å²) in [4.78, 5) is 9.68. The van der Waals surface area contributed by atoms with E-state index in [1.165, 1.54) is 0 Å². The lowest BCUT2D eigenvalue weighted by molar-refractivity contribution is 0.372. The number of oxazole rings is 1. The third kappa shape index (κ3) is 4.48. The number of hydrogen-bond donors (Lipinski definition) is 2. The number of nitrogens with one attached hydrogen (secondary N) is 2. The van der Waals surface area contributed by atoms with Crippen LogP contribution in [0.4, 0.5) is 0 Å². The number of guanidine groups is 1. The van der Waals surface area contributed by atoms with Crippen molar-refractivity contribution in [3.05, 3.63) is 47.0 Å². The van der Waals surface area contributed by atoms with Crippen LogP contribution in [-0.2, 0) is 13.1 Å². The van der Waals surface area contributed by atoms with E-state index in [2.05, 4.69) is 39.6 Å². The van der Waals surface area contributed by atoms with Crippen LogP contribution in [-0.4, -0.2) is 23.1 Å². The molecule has 0 aromatic carbocycles. The molecule has 0 aliphatic carbocycles. The van der Waals surface area contributed by atoms with Gasteiger partial charge in [0.2, 0.25) is 5.89 Å². The van der Waals surface area contributed by atoms with E-state index >= 15 is 0 Å². The molecule has 3 aromatic rings. The lowest BCUT2D eigenvalue weighted by atomic mass is 10.1. The monoisotopic (exact) mass is 359 g/mol. The van der Waals surface area contributed by atoms with E-state index in [-0.39, 0.29) is 0 Å². The molecule has 0 saturated carbocycles. The van der Waals surface area contributed by atoms with E-state index in [0.717, 1.165) is 22.0 Å². The minimum absolute atomic E-state index is 0.347. The predicted octanol–water partition coefficient (Wildman–Crippen LogP) is 3.38. The molecule has 8 heteroatoms. The second kappa shape index (κ2) is 7.98. The number of aliphatic imine (C=N–C) groups is 1. The molecule has 0 spiro atoms. The number of rotatable bonds is 6. The van der Waals surface area contributed by atoms with Crippen molar-refractivity contribution in [1.29, 1.82) is 0 Å². The van der Waals surface area contributed by atoms with Gasteiger partial charge in [-0.1, -0.05) is 25.1 Å². The van der Waals surface area contributed by atoms with Gasteiger partial charge in [-0.2, -0.15) is 0 Å². The summed E-state index contributed by atoms with van der Waals surface area (Å²) in [6.45, 7) is 5.19. The van der Waals surface area contributed by atoms with Crippen molar-refractivity contribution in [3.63, 3.8) is 0 Å². The van der Waals surface area contributed by atoms with Crippen molar-refractivity contribution < 1.29 is 8.94 Å². The third-order valence-electron chi connectivity index (χ3n) is 3.54. The summed E-state index contributed by atoms with van der Waals surface area (Å²) in [6, 6.07) is 5.91. The van der Waals surface area contributed by atoms with Gasteiger partial charge in [-0.3, -0.25) is 4.99 Å². The lowest BCUT2D eigenvalue weighted by Gasteiger charge is -2.09. The summed E-state index contributed by atoms with van der Waals surface area (Å²) >= 11 is 1.60. The zero-order chi connectivity index (χ0) is 17.6. The van der Waals surface area contributed by atoms with Crippen LogP contribution in [0.15, 0.2) is 43.8 Å². The molecule has 0 amide bonds. The number of aromatic nitrogens is 2. The molecule has 132 valence electrons. The zero-order valence-electron chi connectivity index (χ0n) is 14.4. The average Bonchev–Trinajstić information content (AvgIpc) is 3.35. The van der Waals surface area contributed by atoms with Crippen molar-refractivity contribution in [2.24, 2.45) is 4.99 Å². The average molecular weight is 359 g/mol. The van der Waals surface area contributed by atoms with Crippen molar-refractivity contribution in [3.8, 4) is 10.8 Å². The molecule has 0 radical (unpaired) electrons. The van der Waals surface area contributed by atoms with Gasteiger partial charge in [0.25, 0.3) is 0 Å². The van der Waals surface area contributed by atoms with Crippen LogP contribution < -0.4 is 10.6 Å². The second-order valence-corrected chi connectivity index (χ2v) is 6.72. The third-order valence-corrected chi connectivity index (χ3v) is 4.40. The van der Waals surface area contributed by atoms with E-state index in [1.807, 2.05) is 23.6 Å². The Labute approximate surface area is 150 Å². The minimum Gasteiger partial charge on any atom is -0.443 e. The summed E-state index contributed by atoms with van der Waals surface area (Å²) in [7, 11) is 1.72. The van der Waals surface area contributed by atoms with Crippen LogP contribution in [0.1, 0.15) is 36.9 Å².